The first kappa shape index (κ1) is 15.9. The number of aryl methyl sites for hydroxylation is 1. The summed E-state index contributed by atoms with van der Waals surface area (Å²) in [5.74, 6) is -0.881. The van der Waals surface area contributed by atoms with Crippen molar-refractivity contribution in [1.82, 2.24) is 4.31 Å². The van der Waals surface area contributed by atoms with Crippen LogP contribution in [0.2, 0.25) is 0 Å². The summed E-state index contributed by atoms with van der Waals surface area (Å²) in [6.07, 6.45) is 1.06. The van der Waals surface area contributed by atoms with Crippen molar-refractivity contribution in [3.63, 3.8) is 0 Å². The molecule has 2 N–H and O–H groups in total. The maximum Gasteiger partial charge on any atom is 0.303 e. The van der Waals surface area contributed by atoms with Crippen LogP contribution in [0.5, 0.6) is 0 Å². The van der Waals surface area contributed by atoms with E-state index in [4.69, 9.17) is 5.11 Å². The Morgan fingerprint density at radius 3 is 2.52 bits per heavy atom. The first-order valence-corrected chi connectivity index (χ1v) is 8.32. The Hall–Kier alpha value is -1.44. The predicted molar refractivity (Wildman–Crippen MR) is 76.4 cm³/mol. The van der Waals surface area contributed by atoms with E-state index in [9.17, 15) is 18.3 Å². The summed E-state index contributed by atoms with van der Waals surface area (Å²) in [7, 11) is -3.59. The summed E-state index contributed by atoms with van der Waals surface area (Å²) in [5, 5.41) is 18.2. The molecule has 1 aliphatic heterocycles. The molecule has 1 heterocycles. The molecule has 0 spiro atoms. The minimum Gasteiger partial charge on any atom is -0.481 e. The van der Waals surface area contributed by atoms with E-state index in [0.29, 0.717) is 25.8 Å². The molecule has 6 nitrogen and oxygen atoms in total. The molecule has 1 aromatic carbocycles. The molecule has 0 unspecified atom stereocenters. The fraction of sp³-hybridized carbons (Fsp3) is 0.500. The zero-order valence-corrected chi connectivity index (χ0v) is 12.4. The van der Waals surface area contributed by atoms with Gasteiger partial charge in [0.25, 0.3) is 0 Å². The molecular weight excluding hydrogens is 294 g/mol. The molecule has 1 fully saturated rings. The van der Waals surface area contributed by atoms with Crippen LogP contribution in [0.3, 0.4) is 0 Å². The average Bonchev–Trinajstić information content (AvgIpc) is 2.45. The molecule has 2 rings (SSSR count). The van der Waals surface area contributed by atoms with E-state index < -0.39 is 22.1 Å². The molecule has 1 atom stereocenters. The number of sulfonamides is 1. The summed E-state index contributed by atoms with van der Waals surface area (Å²) in [5.41, 5.74) is 0.787. The maximum absolute atomic E-state index is 12.4. The van der Waals surface area contributed by atoms with Gasteiger partial charge in [0, 0.05) is 19.5 Å². The number of nitrogens with zero attached hydrogens (tertiary/aromatic N) is 1. The molecule has 116 valence electrons. The van der Waals surface area contributed by atoms with Gasteiger partial charge in [-0.05, 0) is 37.0 Å². The van der Waals surface area contributed by atoms with Crippen molar-refractivity contribution in [3.8, 4) is 0 Å². The number of aliphatic carboxylic acids is 1. The molecule has 7 heteroatoms. The van der Waals surface area contributed by atoms with Crippen LogP contribution in [0.4, 0.5) is 0 Å². The number of carboxylic acid groups (broad SMARTS) is 1. The van der Waals surface area contributed by atoms with Crippen LogP contribution in [0.25, 0.3) is 0 Å². The van der Waals surface area contributed by atoms with E-state index in [0.717, 1.165) is 5.56 Å². The van der Waals surface area contributed by atoms with Gasteiger partial charge in [-0.25, -0.2) is 8.42 Å². The maximum atomic E-state index is 12.4. The van der Waals surface area contributed by atoms with Gasteiger partial charge >= 0.3 is 5.97 Å². The lowest BCUT2D eigenvalue weighted by Gasteiger charge is -2.29. The van der Waals surface area contributed by atoms with Gasteiger partial charge in [-0.3, -0.25) is 4.79 Å². The number of hydrogen-bond acceptors (Lipinski definition) is 4. The molecule has 1 aliphatic rings. The second-order valence-electron chi connectivity index (χ2n) is 5.20. The number of carbonyl (C=O) groups is 1. The Kier molecular flexibility index (Phi) is 4.97. The third kappa shape index (κ3) is 4.03. The van der Waals surface area contributed by atoms with Crippen molar-refractivity contribution >= 4 is 16.0 Å². The highest BCUT2D eigenvalue weighted by molar-refractivity contribution is 7.89. The lowest BCUT2D eigenvalue weighted by atomic mass is 10.1. The van der Waals surface area contributed by atoms with Gasteiger partial charge in [-0.15, -0.1) is 0 Å². The second-order valence-corrected chi connectivity index (χ2v) is 7.13. The quantitative estimate of drug-likeness (QED) is 0.840. The number of aliphatic hydroxyl groups excluding tert-OH is 1. The molecule has 1 saturated heterocycles. The van der Waals surface area contributed by atoms with Crippen molar-refractivity contribution in [3.05, 3.63) is 29.8 Å². The zero-order chi connectivity index (χ0) is 15.5. The van der Waals surface area contributed by atoms with Crippen LogP contribution >= 0.6 is 0 Å². The highest BCUT2D eigenvalue weighted by Crippen LogP contribution is 2.21. The number of benzene rings is 1. The van der Waals surface area contributed by atoms with Gasteiger partial charge in [0.15, 0.2) is 0 Å². The van der Waals surface area contributed by atoms with Gasteiger partial charge < -0.3 is 10.2 Å². The zero-order valence-electron chi connectivity index (χ0n) is 11.6. The van der Waals surface area contributed by atoms with Crippen molar-refractivity contribution in [2.45, 2.75) is 36.7 Å². The largest absolute Gasteiger partial charge is 0.481 e. The smallest absolute Gasteiger partial charge is 0.303 e. The molecule has 0 radical (unpaired) electrons. The fourth-order valence-corrected chi connectivity index (χ4v) is 3.88. The van der Waals surface area contributed by atoms with Crippen molar-refractivity contribution in [2.24, 2.45) is 0 Å². The first-order valence-electron chi connectivity index (χ1n) is 6.88. The Bertz CT molecular complexity index is 596. The van der Waals surface area contributed by atoms with Gasteiger partial charge in [-0.1, -0.05) is 12.1 Å². The summed E-state index contributed by atoms with van der Waals surface area (Å²) in [6, 6.07) is 6.26. The van der Waals surface area contributed by atoms with Crippen molar-refractivity contribution < 1.29 is 23.4 Å². The standard InChI is InChI=1S/C14H19NO5S/c16-12-2-1-9-15(10-12)21(19,20)13-6-3-11(4-7-13)5-8-14(17)18/h3-4,6-7,12,16H,1-2,5,8-10H2,(H,17,18)/t12-/m0/s1. The monoisotopic (exact) mass is 313 g/mol. The van der Waals surface area contributed by atoms with E-state index in [-0.39, 0.29) is 17.9 Å². The second kappa shape index (κ2) is 6.55. The van der Waals surface area contributed by atoms with Gasteiger partial charge in [-0.2, -0.15) is 4.31 Å². The van der Waals surface area contributed by atoms with Crippen LogP contribution in [0, 0.1) is 0 Å². The average molecular weight is 313 g/mol. The third-order valence-electron chi connectivity index (χ3n) is 3.55. The molecular formula is C14H19NO5S. The fourth-order valence-electron chi connectivity index (χ4n) is 2.37. The Balaban J connectivity index is 2.11. The molecule has 0 aromatic heterocycles. The molecule has 21 heavy (non-hydrogen) atoms. The molecule has 0 bridgehead atoms. The van der Waals surface area contributed by atoms with E-state index >= 15 is 0 Å². The van der Waals surface area contributed by atoms with E-state index in [2.05, 4.69) is 0 Å². The van der Waals surface area contributed by atoms with Gasteiger partial charge in [0.1, 0.15) is 0 Å². The topological polar surface area (TPSA) is 94.9 Å². The number of hydrogen-bond donors (Lipinski definition) is 2. The van der Waals surface area contributed by atoms with E-state index in [1.165, 1.54) is 16.4 Å². The van der Waals surface area contributed by atoms with Gasteiger partial charge in [0.2, 0.25) is 10.0 Å². The minimum absolute atomic E-state index is 0.0183. The minimum atomic E-state index is -3.59. The third-order valence-corrected chi connectivity index (χ3v) is 5.43. The Labute approximate surface area is 124 Å². The lowest BCUT2D eigenvalue weighted by Crippen LogP contribution is -2.42. The van der Waals surface area contributed by atoms with Crippen molar-refractivity contribution in [2.75, 3.05) is 13.1 Å². The van der Waals surface area contributed by atoms with Crippen LogP contribution in [-0.2, 0) is 21.2 Å². The molecule has 1 aromatic rings. The molecule has 0 amide bonds. The SMILES string of the molecule is O=C(O)CCc1ccc(S(=O)(=O)N2CCC[C@H](O)C2)cc1. The molecule has 0 aliphatic carbocycles. The van der Waals surface area contributed by atoms with Crippen molar-refractivity contribution in [1.29, 1.82) is 0 Å². The highest BCUT2D eigenvalue weighted by Gasteiger charge is 2.29. The Morgan fingerprint density at radius 2 is 1.95 bits per heavy atom. The van der Waals surface area contributed by atoms with E-state index in [1.54, 1.807) is 12.1 Å². The molecule has 0 saturated carbocycles. The van der Waals surface area contributed by atoms with E-state index in [1.807, 2.05) is 0 Å². The van der Waals surface area contributed by atoms with Gasteiger partial charge in [0.05, 0.1) is 11.0 Å². The predicted octanol–water partition coefficient (Wildman–Crippen LogP) is 0.849. The number of aliphatic hydroxyl groups is 1. The highest BCUT2D eigenvalue weighted by atomic mass is 32.2. The summed E-state index contributed by atoms with van der Waals surface area (Å²) < 4.78 is 26.2. The summed E-state index contributed by atoms with van der Waals surface area (Å²) in [4.78, 5) is 10.7. The number of carboxylic acids is 1. The normalized spacial score (nSPS) is 20.3. The van der Waals surface area contributed by atoms with Crippen LogP contribution in [0.1, 0.15) is 24.8 Å². The van der Waals surface area contributed by atoms with Crippen LogP contribution in [0.15, 0.2) is 29.2 Å². The first-order chi connectivity index (χ1) is 9.89. The summed E-state index contributed by atoms with van der Waals surface area (Å²) >= 11 is 0. The number of rotatable bonds is 5. The Morgan fingerprint density at radius 1 is 1.29 bits per heavy atom. The van der Waals surface area contributed by atoms with Crippen LogP contribution in [-0.4, -0.2) is 48.1 Å². The van der Waals surface area contributed by atoms with Crippen LogP contribution < -0.4 is 0 Å². The lowest BCUT2D eigenvalue weighted by molar-refractivity contribution is -0.136. The number of β-amino-alcohol motifs (C(OH)–C–C–N with tert-alkyl or cyclic N) is 1. The summed E-state index contributed by atoms with van der Waals surface area (Å²) in [6.45, 7) is 0.545. The number of piperidine rings is 1.